The number of fused-ring (bicyclic) bond motifs is 1. The van der Waals surface area contributed by atoms with Crippen LogP contribution < -0.4 is 16.0 Å². The number of hydrogen-bond acceptors (Lipinski definition) is 4. The standard InChI is InChI=1S/C19H22BrClN6O/c1-2-3-8-23-19(28)24-10-9-22-17-11-16(13-6-4-5-7-15(13)21)26-18-14(20)12-25-27(17)18/h4-7,11-12,22H,2-3,8-10H2,1H3,(H2,23,24,28). The molecule has 0 atom stereocenters. The van der Waals surface area contributed by atoms with Crippen LogP contribution in [0.2, 0.25) is 5.02 Å². The van der Waals surface area contributed by atoms with Gasteiger partial charge in [0.15, 0.2) is 5.65 Å². The van der Waals surface area contributed by atoms with Gasteiger partial charge >= 0.3 is 6.03 Å². The highest BCUT2D eigenvalue weighted by Gasteiger charge is 2.13. The van der Waals surface area contributed by atoms with Crippen molar-refractivity contribution in [3.63, 3.8) is 0 Å². The fourth-order valence-corrected chi connectivity index (χ4v) is 3.26. The van der Waals surface area contributed by atoms with Gasteiger partial charge in [0.05, 0.1) is 16.4 Å². The largest absolute Gasteiger partial charge is 0.368 e. The van der Waals surface area contributed by atoms with Crippen molar-refractivity contribution in [3.05, 3.63) is 46.0 Å². The van der Waals surface area contributed by atoms with Gasteiger partial charge in [-0.15, -0.1) is 0 Å². The summed E-state index contributed by atoms with van der Waals surface area (Å²) in [6.07, 6.45) is 3.72. The SMILES string of the molecule is CCCCNC(=O)NCCNc1cc(-c2ccccc2Cl)nc2c(Br)cnn12. The van der Waals surface area contributed by atoms with Crippen LogP contribution in [0.25, 0.3) is 16.9 Å². The molecule has 2 aromatic heterocycles. The zero-order valence-electron chi connectivity index (χ0n) is 15.5. The Bertz CT molecular complexity index is 961. The molecular formula is C19H22BrClN6O. The molecule has 0 fully saturated rings. The lowest BCUT2D eigenvalue weighted by Crippen LogP contribution is -2.38. The first-order valence-corrected chi connectivity index (χ1v) is 10.3. The minimum absolute atomic E-state index is 0.159. The average molecular weight is 466 g/mol. The molecule has 148 valence electrons. The molecule has 3 N–H and O–H groups in total. The van der Waals surface area contributed by atoms with Crippen molar-refractivity contribution in [2.45, 2.75) is 19.8 Å². The number of aromatic nitrogens is 3. The third kappa shape index (κ3) is 4.94. The van der Waals surface area contributed by atoms with E-state index in [1.54, 1.807) is 10.7 Å². The van der Waals surface area contributed by atoms with Crippen molar-refractivity contribution in [2.24, 2.45) is 0 Å². The molecule has 3 rings (SSSR count). The first-order chi connectivity index (χ1) is 13.6. The number of anilines is 1. The molecule has 0 unspecified atom stereocenters. The van der Waals surface area contributed by atoms with E-state index in [1.165, 1.54) is 0 Å². The van der Waals surface area contributed by atoms with Gasteiger partial charge in [-0.1, -0.05) is 43.1 Å². The first kappa shape index (κ1) is 20.4. The van der Waals surface area contributed by atoms with Crippen molar-refractivity contribution in [2.75, 3.05) is 25.0 Å². The molecule has 3 aromatic rings. The molecule has 2 amide bonds. The fraction of sp³-hybridized carbons (Fsp3) is 0.316. The first-order valence-electron chi connectivity index (χ1n) is 9.15. The van der Waals surface area contributed by atoms with Gasteiger partial charge in [0.2, 0.25) is 0 Å². The van der Waals surface area contributed by atoms with Crippen molar-refractivity contribution in [3.8, 4) is 11.3 Å². The Kier molecular flexibility index (Phi) is 7.11. The number of nitrogens with one attached hydrogen (secondary N) is 3. The predicted octanol–water partition coefficient (Wildman–Crippen LogP) is 4.32. The Labute approximate surface area is 177 Å². The van der Waals surface area contributed by atoms with Crippen molar-refractivity contribution >= 4 is 45.0 Å². The van der Waals surface area contributed by atoms with Crippen LogP contribution >= 0.6 is 27.5 Å². The molecule has 2 heterocycles. The van der Waals surface area contributed by atoms with Gasteiger partial charge in [-0.3, -0.25) is 0 Å². The predicted molar refractivity (Wildman–Crippen MR) is 116 cm³/mol. The van der Waals surface area contributed by atoms with Crippen LogP contribution in [-0.2, 0) is 0 Å². The summed E-state index contributed by atoms with van der Waals surface area (Å²) >= 11 is 9.83. The van der Waals surface area contributed by atoms with E-state index in [0.717, 1.165) is 34.4 Å². The van der Waals surface area contributed by atoms with Crippen LogP contribution in [0, 0.1) is 0 Å². The zero-order chi connectivity index (χ0) is 19.9. The lowest BCUT2D eigenvalue weighted by molar-refractivity contribution is 0.241. The van der Waals surface area contributed by atoms with Gasteiger partial charge in [0, 0.05) is 36.3 Å². The molecule has 0 saturated carbocycles. The van der Waals surface area contributed by atoms with E-state index in [1.807, 2.05) is 30.3 Å². The molecule has 7 nitrogen and oxygen atoms in total. The number of urea groups is 1. The summed E-state index contributed by atoms with van der Waals surface area (Å²) < 4.78 is 2.50. The van der Waals surface area contributed by atoms with E-state index < -0.39 is 0 Å². The van der Waals surface area contributed by atoms with Gasteiger partial charge in [-0.25, -0.2) is 9.78 Å². The molecular weight excluding hydrogens is 444 g/mol. The number of carbonyl (C=O) groups is 1. The highest BCUT2D eigenvalue weighted by Crippen LogP contribution is 2.30. The van der Waals surface area contributed by atoms with Gasteiger partial charge in [-0.2, -0.15) is 9.61 Å². The van der Waals surface area contributed by atoms with Crippen LogP contribution in [0.4, 0.5) is 10.6 Å². The van der Waals surface area contributed by atoms with Crippen molar-refractivity contribution < 1.29 is 4.79 Å². The minimum atomic E-state index is -0.159. The second-order valence-electron chi connectivity index (χ2n) is 6.20. The molecule has 0 radical (unpaired) electrons. The summed E-state index contributed by atoms with van der Waals surface area (Å²) in [5, 5.41) is 13.9. The molecule has 0 aliphatic carbocycles. The normalized spacial score (nSPS) is 10.8. The van der Waals surface area contributed by atoms with E-state index >= 15 is 0 Å². The molecule has 0 spiro atoms. The van der Waals surface area contributed by atoms with Gasteiger partial charge in [0.25, 0.3) is 0 Å². The third-order valence-electron chi connectivity index (χ3n) is 4.11. The lowest BCUT2D eigenvalue weighted by Gasteiger charge is -2.12. The van der Waals surface area contributed by atoms with Crippen LogP contribution in [0.1, 0.15) is 19.8 Å². The van der Waals surface area contributed by atoms with Crippen LogP contribution in [0.15, 0.2) is 41.0 Å². The Hall–Kier alpha value is -2.32. The van der Waals surface area contributed by atoms with Gasteiger partial charge < -0.3 is 16.0 Å². The summed E-state index contributed by atoms with van der Waals surface area (Å²) in [4.78, 5) is 16.4. The van der Waals surface area contributed by atoms with Crippen LogP contribution in [-0.4, -0.2) is 40.3 Å². The second kappa shape index (κ2) is 9.75. The topological polar surface area (TPSA) is 83.4 Å². The zero-order valence-corrected chi connectivity index (χ0v) is 17.8. The summed E-state index contributed by atoms with van der Waals surface area (Å²) in [5.41, 5.74) is 2.27. The number of carbonyl (C=O) groups excluding carboxylic acids is 1. The molecule has 0 aliphatic heterocycles. The molecule has 28 heavy (non-hydrogen) atoms. The fourth-order valence-electron chi connectivity index (χ4n) is 2.68. The average Bonchev–Trinajstić information content (AvgIpc) is 3.07. The monoisotopic (exact) mass is 464 g/mol. The Morgan fingerprint density at radius 1 is 1.21 bits per heavy atom. The summed E-state index contributed by atoms with van der Waals surface area (Å²) in [5.74, 6) is 0.763. The Balaban J connectivity index is 1.72. The van der Waals surface area contributed by atoms with E-state index in [2.05, 4.69) is 48.9 Å². The summed E-state index contributed by atoms with van der Waals surface area (Å²) in [6, 6.07) is 9.31. The quantitative estimate of drug-likeness (QED) is 0.433. The number of nitrogens with zero attached hydrogens (tertiary/aromatic N) is 3. The van der Waals surface area contributed by atoms with Crippen LogP contribution in [0.3, 0.4) is 0 Å². The van der Waals surface area contributed by atoms with Crippen molar-refractivity contribution in [1.29, 1.82) is 0 Å². The number of rotatable bonds is 8. The summed E-state index contributed by atoms with van der Waals surface area (Å²) in [6.45, 7) is 3.79. The maximum Gasteiger partial charge on any atom is 0.314 e. The van der Waals surface area contributed by atoms with Gasteiger partial charge in [-0.05, 0) is 28.4 Å². The molecule has 1 aromatic carbocycles. The third-order valence-corrected chi connectivity index (χ3v) is 5.00. The smallest absolute Gasteiger partial charge is 0.314 e. The second-order valence-corrected chi connectivity index (χ2v) is 7.46. The van der Waals surface area contributed by atoms with E-state index in [0.29, 0.717) is 30.3 Å². The maximum atomic E-state index is 11.7. The number of amides is 2. The van der Waals surface area contributed by atoms with E-state index in [4.69, 9.17) is 11.6 Å². The molecule has 0 saturated heterocycles. The Morgan fingerprint density at radius 2 is 2.00 bits per heavy atom. The van der Waals surface area contributed by atoms with Crippen molar-refractivity contribution in [1.82, 2.24) is 25.2 Å². The molecule has 9 heteroatoms. The number of benzene rings is 1. The number of unbranched alkanes of at least 4 members (excludes halogenated alkanes) is 1. The van der Waals surface area contributed by atoms with E-state index in [9.17, 15) is 4.79 Å². The molecule has 0 aliphatic rings. The molecule has 0 bridgehead atoms. The van der Waals surface area contributed by atoms with E-state index in [-0.39, 0.29) is 6.03 Å². The Morgan fingerprint density at radius 3 is 2.79 bits per heavy atom. The highest BCUT2D eigenvalue weighted by atomic mass is 79.9. The van der Waals surface area contributed by atoms with Gasteiger partial charge in [0.1, 0.15) is 5.82 Å². The highest BCUT2D eigenvalue weighted by molar-refractivity contribution is 9.10. The number of hydrogen-bond donors (Lipinski definition) is 3. The van der Waals surface area contributed by atoms with Crippen LogP contribution in [0.5, 0.6) is 0 Å². The lowest BCUT2D eigenvalue weighted by atomic mass is 10.1. The maximum absolute atomic E-state index is 11.7. The number of halogens is 2. The summed E-state index contributed by atoms with van der Waals surface area (Å²) in [7, 11) is 0. The minimum Gasteiger partial charge on any atom is -0.368 e.